The zero-order valence-electron chi connectivity index (χ0n) is 16.7. The molecule has 1 amide bonds. The van der Waals surface area contributed by atoms with E-state index in [2.05, 4.69) is 27.2 Å². The van der Waals surface area contributed by atoms with Crippen molar-refractivity contribution in [1.29, 1.82) is 0 Å². The summed E-state index contributed by atoms with van der Waals surface area (Å²) in [6.45, 7) is 5.97. The number of hydrogen-bond acceptors (Lipinski definition) is 3. The maximum Gasteiger partial charge on any atom is 0.252 e. The van der Waals surface area contributed by atoms with E-state index in [0.717, 1.165) is 28.4 Å². The van der Waals surface area contributed by atoms with Crippen LogP contribution in [0.15, 0.2) is 65.8 Å². The molecule has 0 fully saturated rings. The van der Waals surface area contributed by atoms with Gasteiger partial charge < -0.3 is 4.57 Å². The summed E-state index contributed by atoms with van der Waals surface area (Å²) in [6, 6.07) is 19.9. The van der Waals surface area contributed by atoms with Crippen LogP contribution in [-0.4, -0.2) is 21.9 Å². The molecule has 6 heteroatoms. The molecule has 0 bridgehead atoms. The molecule has 0 aliphatic rings. The fraction of sp³-hybridized carbons (Fsp3) is 0.217. The summed E-state index contributed by atoms with van der Waals surface area (Å²) < 4.78 is 2.14. The highest BCUT2D eigenvalue weighted by Gasteiger charge is 2.13. The highest BCUT2D eigenvalue weighted by atomic mass is 35.5. The van der Waals surface area contributed by atoms with Crippen molar-refractivity contribution in [3.63, 3.8) is 0 Å². The number of hydrogen-bond donors (Lipinski definition) is 1. The van der Waals surface area contributed by atoms with E-state index in [0.29, 0.717) is 5.02 Å². The van der Waals surface area contributed by atoms with Gasteiger partial charge in [-0.15, -0.1) is 11.8 Å². The third-order valence-corrected chi connectivity index (χ3v) is 6.11. The molecule has 1 aromatic heterocycles. The van der Waals surface area contributed by atoms with Crippen LogP contribution in [0.1, 0.15) is 29.4 Å². The SMILES string of the molecule is Cc1cc(/C=N/NC(=O)C(C)SCc2ccccc2)c(C)n1-c1ccc(Cl)cc1. The first kappa shape index (κ1) is 21.2. The van der Waals surface area contributed by atoms with Crippen LogP contribution < -0.4 is 5.43 Å². The molecule has 3 rings (SSSR count). The molecule has 1 atom stereocenters. The summed E-state index contributed by atoms with van der Waals surface area (Å²) >= 11 is 7.58. The Labute approximate surface area is 181 Å². The molecule has 0 radical (unpaired) electrons. The highest BCUT2D eigenvalue weighted by molar-refractivity contribution is 7.99. The molecule has 0 aliphatic heterocycles. The Morgan fingerprint density at radius 3 is 2.55 bits per heavy atom. The Bertz CT molecular complexity index is 997. The molecule has 0 saturated carbocycles. The Hall–Kier alpha value is -2.50. The van der Waals surface area contributed by atoms with Gasteiger partial charge >= 0.3 is 0 Å². The summed E-state index contributed by atoms with van der Waals surface area (Å²) in [6.07, 6.45) is 1.70. The van der Waals surface area contributed by atoms with Crippen LogP contribution in [-0.2, 0) is 10.5 Å². The van der Waals surface area contributed by atoms with Crippen molar-refractivity contribution in [2.75, 3.05) is 0 Å². The maximum absolute atomic E-state index is 12.3. The normalized spacial score (nSPS) is 12.3. The van der Waals surface area contributed by atoms with E-state index in [1.165, 1.54) is 5.56 Å². The Kier molecular flexibility index (Phi) is 7.18. The summed E-state index contributed by atoms with van der Waals surface area (Å²) in [5, 5.41) is 4.69. The summed E-state index contributed by atoms with van der Waals surface area (Å²) in [4.78, 5) is 12.3. The highest BCUT2D eigenvalue weighted by Crippen LogP contribution is 2.21. The average molecular weight is 426 g/mol. The molecule has 0 aliphatic carbocycles. The van der Waals surface area contributed by atoms with Crippen molar-refractivity contribution >= 4 is 35.5 Å². The lowest BCUT2D eigenvalue weighted by molar-refractivity contribution is -0.120. The molecule has 0 spiro atoms. The van der Waals surface area contributed by atoms with Crippen LogP contribution in [0.5, 0.6) is 0 Å². The number of aryl methyl sites for hydroxylation is 1. The topological polar surface area (TPSA) is 46.4 Å². The van der Waals surface area contributed by atoms with E-state index in [9.17, 15) is 4.79 Å². The predicted molar refractivity (Wildman–Crippen MR) is 123 cm³/mol. The first-order valence-electron chi connectivity index (χ1n) is 9.39. The van der Waals surface area contributed by atoms with E-state index >= 15 is 0 Å². The van der Waals surface area contributed by atoms with Crippen molar-refractivity contribution in [2.45, 2.75) is 31.8 Å². The average Bonchev–Trinajstić information content (AvgIpc) is 3.01. The number of rotatable bonds is 7. The molecule has 1 heterocycles. The van der Waals surface area contributed by atoms with Gasteiger partial charge in [0, 0.05) is 33.4 Å². The van der Waals surface area contributed by atoms with Gasteiger partial charge in [0.05, 0.1) is 11.5 Å². The van der Waals surface area contributed by atoms with Crippen molar-refractivity contribution in [3.05, 3.63) is 88.2 Å². The second-order valence-electron chi connectivity index (χ2n) is 6.81. The minimum atomic E-state index is -0.186. The minimum absolute atomic E-state index is 0.103. The molecule has 0 saturated heterocycles. The minimum Gasteiger partial charge on any atom is -0.318 e. The number of nitrogens with one attached hydrogen (secondary N) is 1. The van der Waals surface area contributed by atoms with Crippen LogP contribution >= 0.6 is 23.4 Å². The van der Waals surface area contributed by atoms with E-state index in [4.69, 9.17) is 11.6 Å². The van der Waals surface area contributed by atoms with Gasteiger partial charge in [0.25, 0.3) is 5.91 Å². The number of aromatic nitrogens is 1. The zero-order valence-corrected chi connectivity index (χ0v) is 18.3. The fourth-order valence-corrected chi connectivity index (χ4v) is 4.00. The monoisotopic (exact) mass is 425 g/mol. The standard InChI is InChI=1S/C23H24ClN3OS/c1-16-13-20(17(2)27(16)22-11-9-21(24)10-12-22)14-25-26-23(28)18(3)29-15-19-7-5-4-6-8-19/h4-14,18H,15H2,1-3H3,(H,26,28)/b25-14+. The Morgan fingerprint density at radius 1 is 1.17 bits per heavy atom. The number of thioether (sulfide) groups is 1. The lowest BCUT2D eigenvalue weighted by Gasteiger charge is -2.10. The van der Waals surface area contributed by atoms with Gasteiger partial charge in [-0.05, 0) is 56.7 Å². The van der Waals surface area contributed by atoms with Crippen molar-refractivity contribution in [1.82, 2.24) is 9.99 Å². The molecule has 1 N–H and O–H groups in total. The molecule has 29 heavy (non-hydrogen) atoms. The Morgan fingerprint density at radius 2 is 1.86 bits per heavy atom. The molecular weight excluding hydrogens is 402 g/mol. The van der Waals surface area contributed by atoms with Gasteiger partial charge in [-0.1, -0.05) is 41.9 Å². The number of hydrazone groups is 1. The van der Waals surface area contributed by atoms with Crippen molar-refractivity contribution in [2.24, 2.45) is 5.10 Å². The van der Waals surface area contributed by atoms with E-state index in [1.54, 1.807) is 18.0 Å². The smallest absolute Gasteiger partial charge is 0.252 e. The lowest BCUT2D eigenvalue weighted by atomic mass is 10.2. The van der Waals surface area contributed by atoms with Gasteiger partial charge in [0.1, 0.15) is 0 Å². The molecule has 2 aromatic carbocycles. The van der Waals surface area contributed by atoms with Crippen LogP contribution in [0.3, 0.4) is 0 Å². The van der Waals surface area contributed by atoms with Crippen molar-refractivity contribution in [3.8, 4) is 5.69 Å². The molecular formula is C23H24ClN3OS. The number of carbonyl (C=O) groups is 1. The number of benzene rings is 2. The quantitative estimate of drug-likeness (QED) is 0.400. The third-order valence-electron chi connectivity index (χ3n) is 4.65. The molecule has 4 nitrogen and oxygen atoms in total. The number of carbonyl (C=O) groups excluding carboxylic acids is 1. The van der Waals surface area contributed by atoms with Crippen LogP contribution in [0.2, 0.25) is 5.02 Å². The van der Waals surface area contributed by atoms with Gasteiger partial charge in [-0.3, -0.25) is 4.79 Å². The van der Waals surface area contributed by atoms with Crippen LogP contribution in [0.4, 0.5) is 0 Å². The first-order chi connectivity index (χ1) is 14.0. The van der Waals surface area contributed by atoms with Crippen molar-refractivity contribution < 1.29 is 4.79 Å². The summed E-state index contributed by atoms with van der Waals surface area (Å²) in [5.41, 5.74) is 8.00. The lowest BCUT2D eigenvalue weighted by Crippen LogP contribution is -2.27. The third kappa shape index (κ3) is 5.52. The first-order valence-corrected chi connectivity index (χ1v) is 10.8. The number of amides is 1. The predicted octanol–water partition coefficient (Wildman–Crippen LogP) is 5.52. The number of nitrogens with zero attached hydrogens (tertiary/aromatic N) is 2. The van der Waals surface area contributed by atoms with Gasteiger partial charge in [-0.25, -0.2) is 5.43 Å². The van der Waals surface area contributed by atoms with E-state index < -0.39 is 0 Å². The number of halogens is 1. The van der Waals surface area contributed by atoms with Crippen LogP contribution in [0, 0.1) is 13.8 Å². The van der Waals surface area contributed by atoms with Gasteiger partial charge in [0.15, 0.2) is 0 Å². The van der Waals surface area contributed by atoms with E-state index in [-0.39, 0.29) is 11.2 Å². The second-order valence-corrected chi connectivity index (χ2v) is 8.58. The van der Waals surface area contributed by atoms with E-state index in [1.807, 2.05) is 69.3 Å². The van der Waals surface area contributed by atoms with Crippen LogP contribution in [0.25, 0.3) is 5.69 Å². The van der Waals surface area contributed by atoms with Gasteiger partial charge in [-0.2, -0.15) is 5.10 Å². The molecule has 3 aromatic rings. The maximum atomic E-state index is 12.3. The molecule has 1 unspecified atom stereocenters. The Balaban J connectivity index is 1.60. The van der Waals surface area contributed by atoms with Gasteiger partial charge in [0.2, 0.25) is 0 Å². The largest absolute Gasteiger partial charge is 0.318 e. The fourth-order valence-electron chi connectivity index (χ4n) is 3.03. The zero-order chi connectivity index (χ0) is 20.8. The second kappa shape index (κ2) is 9.81. The summed E-state index contributed by atoms with van der Waals surface area (Å²) in [7, 11) is 0. The molecule has 150 valence electrons. The summed E-state index contributed by atoms with van der Waals surface area (Å²) in [5.74, 6) is 0.690.